The molecular formula is C11H11BrClNO2. The molecule has 5 heteroatoms. The van der Waals surface area contributed by atoms with Gasteiger partial charge in [0.1, 0.15) is 5.75 Å². The van der Waals surface area contributed by atoms with Crippen LogP contribution >= 0.6 is 27.5 Å². The zero-order chi connectivity index (χ0) is 11.7. The van der Waals surface area contributed by atoms with Crippen molar-refractivity contribution in [3.05, 3.63) is 22.7 Å². The number of nitrogens with zero attached hydrogens (tertiary/aromatic N) is 1. The summed E-state index contributed by atoms with van der Waals surface area (Å²) in [5.41, 5.74) is 0.827. The SMILES string of the molecule is COc1cc(N2CC(Cl)CC2=O)ccc1Br. The van der Waals surface area contributed by atoms with Gasteiger partial charge in [-0.15, -0.1) is 11.6 Å². The van der Waals surface area contributed by atoms with E-state index in [-0.39, 0.29) is 11.3 Å². The van der Waals surface area contributed by atoms with E-state index in [2.05, 4.69) is 15.9 Å². The minimum absolute atomic E-state index is 0.0596. The number of ether oxygens (including phenoxy) is 1. The lowest BCUT2D eigenvalue weighted by Crippen LogP contribution is -2.24. The van der Waals surface area contributed by atoms with Gasteiger partial charge < -0.3 is 9.64 Å². The lowest BCUT2D eigenvalue weighted by molar-refractivity contribution is -0.117. The predicted molar refractivity (Wildman–Crippen MR) is 67.3 cm³/mol. The van der Waals surface area contributed by atoms with Crippen LogP contribution in [0.5, 0.6) is 5.75 Å². The van der Waals surface area contributed by atoms with Crippen LogP contribution < -0.4 is 9.64 Å². The number of anilines is 1. The summed E-state index contributed by atoms with van der Waals surface area (Å²) in [6, 6.07) is 5.57. The van der Waals surface area contributed by atoms with Gasteiger partial charge in [-0.3, -0.25) is 4.79 Å². The molecule has 86 valence electrons. The summed E-state index contributed by atoms with van der Waals surface area (Å²) >= 11 is 9.33. The molecule has 1 aromatic rings. The Labute approximate surface area is 107 Å². The average Bonchev–Trinajstić information content (AvgIpc) is 2.59. The maximum atomic E-state index is 11.7. The van der Waals surface area contributed by atoms with E-state index in [4.69, 9.17) is 16.3 Å². The molecule has 1 aromatic carbocycles. The van der Waals surface area contributed by atoms with Gasteiger partial charge in [0.15, 0.2) is 0 Å². The van der Waals surface area contributed by atoms with Crippen molar-refractivity contribution in [2.75, 3.05) is 18.6 Å². The van der Waals surface area contributed by atoms with Crippen molar-refractivity contribution in [3.8, 4) is 5.75 Å². The molecule has 0 spiro atoms. The maximum absolute atomic E-state index is 11.7. The van der Waals surface area contributed by atoms with Crippen LogP contribution in [0.2, 0.25) is 0 Å². The summed E-state index contributed by atoms with van der Waals surface area (Å²) in [6.07, 6.45) is 0.403. The van der Waals surface area contributed by atoms with Gasteiger partial charge >= 0.3 is 0 Å². The summed E-state index contributed by atoms with van der Waals surface area (Å²) in [7, 11) is 1.60. The van der Waals surface area contributed by atoms with Gasteiger partial charge in [-0.1, -0.05) is 0 Å². The van der Waals surface area contributed by atoms with Gasteiger partial charge in [-0.25, -0.2) is 0 Å². The highest BCUT2D eigenvalue weighted by molar-refractivity contribution is 9.10. The van der Waals surface area contributed by atoms with E-state index in [1.807, 2.05) is 18.2 Å². The topological polar surface area (TPSA) is 29.5 Å². The van der Waals surface area contributed by atoms with Crippen molar-refractivity contribution in [1.82, 2.24) is 0 Å². The number of amides is 1. The third kappa shape index (κ3) is 2.18. The quantitative estimate of drug-likeness (QED) is 0.786. The second-order valence-corrected chi connectivity index (χ2v) is 5.10. The van der Waals surface area contributed by atoms with Gasteiger partial charge in [-0.05, 0) is 28.1 Å². The Morgan fingerprint density at radius 2 is 2.31 bits per heavy atom. The Kier molecular flexibility index (Phi) is 3.40. The molecule has 1 unspecified atom stereocenters. The second kappa shape index (κ2) is 4.63. The number of alkyl halides is 1. The second-order valence-electron chi connectivity index (χ2n) is 3.62. The number of methoxy groups -OCH3 is 1. The Morgan fingerprint density at radius 3 is 2.88 bits per heavy atom. The Morgan fingerprint density at radius 1 is 1.56 bits per heavy atom. The molecule has 1 aliphatic rings. The van der Waals surface area contributed by atoms with Crippen LogP contribution in [0.25, 0.3) is 0 Å². The van der Waals surface area contributed by atoms with E-state index < -0.39 is 0 Å². The molecule has 0 aliphatic carbocycles. The van der Waals surface area contributed by atoms with Crippen LogP contribution in [0.15, 0.2) is 22.7 Å². The van der Waals surface area contributed by atoms with Crippen molar-refractivity contribution >= 4 is 39.1 Å². The zero-order valence-corrected chi connectivity index (χ0v) is 11.1. The number of halogens is 2. The summed E-state index contributed by atoms with van der Waals surface area (Å²) in [5, 5.41) is -0.0952. The fourth-order valence-corrected chi connectivity index (χ4v) is 2.41. The highest BCUT2D eigenvalue weighted by Gasteiger charge is 2.29. The maximum Gasteiger partial charge on any atom is 0.228 e. The lowest BCUT2D eigenvalue weighted by atomic mass is 10.3. The van der Waals surface area contributed by atoms with E-state index in [1.165, 1.54) is 0 Å². The third-order valence-corrected chi connectivity index (χ3v) is 3.47. The van der Waals surface area contributed by atoms with Crippen LogP contribution in [-0.2, 0) is 4.79 Å². The molecule has 1 fully saturated rings. The van der Waals surface area contributed by atoms with Gasteiger partial charge in [0, 0.05) is 24.7 Å². The molecule has 3 nitrogen and oxygen atoms in total. The smallest absolute Gasteiger partial charge is 0.228 e. The largest absolute Gasteiger partial charge is 0.495 e. The number of benzene rings is 1. The minimum Gasteiger partial charge on any atom is -0.495 e. The first-order valence-electron chi connectivity index (χ1n) is 4.90. The van der Waals surface area contributed by atoms with Crippen molar-refractivity contribution in [1.29, 1.82) is 0 Å². The first-order valence-corrected chi connectivity index (χ1v) is 6.12. The van der Waals surface area contributed by atoms with E-state index in [1.54, 1.807) is 12.0 Å². The summed E-state index contributed by atoms with van der Waals surface area (Å²) in [4.78, 5) is 13.3. The van der Waals surface area contributed by atoms with Crippen LogP contribution in [0.3, 0.4) is 0 Å². The van der Waals surface area contributed by atoms with Gasteiger partial charge in [0.25, 0.3) is 0 Å². The first kappa shape index (κ1) is 11.7. The van der Waals surface area contributed by atoms with Crippen molar-refractivity contribution < 1.29 is 9.53 Å². The highest BCUT2D eigenvalue weighted by atomic mass is 79.9. The molecule has 1 heterocycles. The zero-order valence-electron chi connectivity index (χ0n) is 8.74. The normalized spacial score (nSPS) is 20.3. The molecular weight excluding hydrogens is 293 g/mol. The van der Waals surface area contributed by atoms with Crippen LogP contribution in [0.1, 0.15) is 6.42 Å². The van der Waals surface area contributed by atoms with E-state index in [0.29, 0.717) is 18.7 Å². The Hall–Kier alpha value is -0.740. The highest BCUT2D eigenvalue weighted by Crippen LogP contribution is 2.32. The molecule has 0 radical (unpaired) electrons. The molecule has 16 heavy (non-hydrogen) atoms. The molecule has 1 aliphatic heterocycles. The van der Waals surface area contributed by atoms with Gasteiger partial charge in [-0.2, -0.15) is 0 Å². The number of hydrogen-bond acceptors (Lipinski definition) is 2. The molecule has 1 amide bonds. The third-order valence-electron chi connectivity index (χ3n) is 2.52. The molecule has 1 saturated heterocycles. The fraction of sp³-hybridized carbons (Fsp3) is 0.364. The van der Waals surface area contributed by atoms with E-state index >= 15 is 0 Å². The Balaban J connectivity index is 2.30. The van der Waals surface area contributed by atoms with Crippen LogP contribution in [-0.4, -0.2) is 24.9 Å². The fourth-order valence-electron chi connectivity index (χ4n) is 1.73. The molecule has 1 atom stereocenters. The predicted octanol–water partition coefficient (Wildman–Crippen LogP) is 2.80. The number of carbonyl (C=O) groups is 1. The Bertz CT molecular complexity index is 424. The standard InChI is InChI=1S/C11H11BrClNO2/c1-16-10-5-8(2-3-9(10)12)14-6-7(13)4-11(14)15/h2-3,5,7H,4,6H2,1H3. The van der Waals surface area contributed by atoms with Crippen LogP contribution in [0.4, 0.5) is 5.69 Å². The molecule has 0 saturated carbocycles. The van der Waals surface area contributed by atoms with Gasteiger partial charge in [0.05, 0.1) is 17.0 Å². The number of hydrogen-bond donors (Lipinski definition) is 0. The van der Waals surface area contributed by atoms with E-state index in [0.717, 1.165) is 10.2 Å². The van der Waals surface area contributed by atoms with Gasteiger partial charge in [0.2, 0.25) is 5.91 Å². The minimum atomic E-state index is -0.0952. The van der Waals surface area contributed by atoms with Crippen molar-refractivity contribution in [2.45, 2.75) is 11.8 Å². The molecule has 0 aromatic heterocycles. The van der Waals surface area contributed by atoms with Crippen LogP contribution in [0, 0.1) is 0 Å². The number of carbonyl (C=O) groups excluding carboxylic acids is 1. The molecule has 2 rings (SSSR count). The lowest BCUT2D eigenvalue weighted by Gasteiger charge is -2.17. The summed E-state index contributed by atoms with van der Waals surface area (Å²) < 4.78 is 6.06. The average molecular weight is 305 g/mol. The summed E-state index contributed by atoms with van der Waals surface area (Å²) in [5.74, 6) is 0.771. The molecule has 0 N–H and O–H groups in total. The van der Waals surface area contributed by atoms with Crippen molar-refractivity contribution in [3.63, 3.8) is 0 Å². The number of rotatable bonds is 2. The van der Waals surface area contributed by atoms with E-state index in [9.17, 15) is 4.79 Å². The first-order chi connectivity index (χ1) is 7.61. The summed E-state index contributed by atoms with van der Waals surface area (Å²) in [6.45, 7) is 0.561. The van der Waals surface area contributed by atoms with Crippen molar-refractivity contribution in [2.24, 2.45) is 0 Å². The monoisotopic (exact) mass is 303 g/mol. The molecule has 0 bridgehead atoms.